The van der Waals surface area contributed by atoms with Gasteiger partial charge >= 0.3 is 11.9 Å². The molecule has 19 heavy (non-hydrogen) atoms. The second-order valence-corrected chi connectivity index (χ2v) is 3.54. The van der Waals surface area contributed by atoms with E-state index in [-0.39, 0.29) is 26.1 Å². The molecular weight excluding hydrogens is 256 g/mol. The SMILES string of the molecule is COCCOCCOC(=O)CCC(=O)OCCOC. The van der Waals surface area contributed by atoms with Gasteiger partial charge in [-0.05, 0) is 0 Å². The average Bonchev–Trinajstić information content (AvgIpc) is 2.40. The van der Waals surface area contributed by atoms with Crippen LogP contribution in [0, 0.1) is 0 Å². The van der Waals surface area contributed by atoms with Crippen molar-refractivity contribution in [3.8, 4) is 0 Å². The average molecular weight is 278 g/mol. The molecule has 0 unspecified atom stereocenters. The molecule has 7 nitrogen and oxygen atoms in total. The van der Waals surface area contributed by atoms with E-state index in [1.807, 2.05) is 0 Å². The van der Waals surface area contributed by atoms with E-state index in [0.717, 1.165) is 0 Å². The zero-order chi connectivity index (χ0) is 14.3. The van der Waals surface area contributed by atoms with Gasteiger partial charge in [-0.25, -0.2) is 0 Å². The fourth-order valence-electron chi connectivity index (χ4n) is 1.05. The van der Waals surface area contributed by atoms with E-state index in [0.29, 0.717) is 26.4 Å². The van der Waals surface area contributed by atoms with Crippen LogP contribution in [0.15, 0.2) is 0 Å². The molecule has 0 N–H and O–H groups in total. The third-order valence-electron chi connectivity index (χ3n) is 2.01. The molecule has 0 amide bonds. The molecule has 0 fully saturated rings. The maximum absolute atomic E-state index is 11.2. The van der Waals surface area contributed by atoms with Crippen LogP contribution in [0.25, 0.3) is 0 Å². The van der Waals surface area contributed by atoms with E-state index in [1.165, 1.54) is 7.11 Å². The Balaban J connectivity index is 3.36. The van der Waals surface area contributed by atoms with Gasteiger partial charge in [0.15, 0.2) is 0 Å². The van der Waals surface area contributed by atoms with Crippen molar-refractivity contribution in [2.45, 2.75) is 12.8 Å². The summed E-state index contributed by atoms with van der Waals surface area (Å²) in [5, 5.41) is 0. The maximum Gasteiger partial charge on any atom is 0.306 e. The third-order valence-corrected chi connectivity index (χ3v) is 2.01. The number of methoxy groups -OCH3 is 2. The van der Waals surface area contributed by atoms with E-state index in [2.05, 4.69) is 0 Å². The Hall–Kier alpha value is -1.18. The van der Waals surface area contributed by atoms with Crippen molar-refractivity contribution in [3.63, 3.8) is 0 Å². The summed E-state index contributed by atoms with van der Waals surface area (Å²) in [4.78, 5) is 22.4. The molecule has 0 spiro atoms. The fraction of sp³-hybridized carbons (Fsp3) is 0.833. The van der Waals surface area contributed by atoms with Crippen molar-refractivity contribution >= 4 is 11.9 Å². The van der Waals surface area contributed by atoms with Crippen LogP contribution in [0.4, 0.5) is 0 Å². The summed E-state index contributed by atoms with van der Waals surface area (Å²) in [5.74, 6) is -0.885. The summed E-state index contributed by atoms with van der Waals surface area (Å²) in [6.07, 6.45) is 0.0109. The van der Waals surface area contributed by atoms with Crippen molar-refractivity contribution in [3.05, 3.63) is 0 Å². The van der Waals surface area contributed by atoms with E-state index in [1.54, 1.807) is 7.11 Å². The van der Waals surface area contributed by atoms with Gasteiger partial charge in [-0.3, -0.25) is 9.59 Å². The second-order valence-electron chi connectivity index (χ2n) is 3.54. The van der Waals surface area contributed by atoms with E-state index in [4.69, 9.17) is 23.7 Å². The molecule has 0 atom stereocenters. The first kappa shape index (κ1) is 17.8. The minimum atomic E-state index is -0.445. The highest BCUT2D eigenvalue weighted by molar-refractivity contribution is 5.77. The molecule has 0 aromatic rings. The summed E-state index contributed by atoms with van der Waals surface area (Å²) in [6.45, 7) is 1.97. The number of carbonyl (C=O) groups excluding carboxylic acids is 2. The van der Waals surface area contributed by atoms with Gasteiger partial charge in [0.2, 0.25) is 0 Å². The van der Waals surface area contributed by atoms with Crippen molar-refractivity contribution in [1.29, 1.82) is 0 Å². The number of esters is 2. The summed E-state index contributed by atoms with van der Waals surface area (Å²) in [5.41, 5.74) is 0. The monoisotopic (exact) mass is 278 g/mol. The number of rotatable bonds is 12. The Morgan fingerprint density at radius 3 is 1.63 bits per heavy atom. The highest BCUT2D eigenvalue weighted by atomic mass is 16.6. The van der Waals surface area contributed by atoms with Crippen LogP contribution in [-0.2, 0) is 33.3 Å². The first-order valence-corrected chi connectivity index (χ1v) is 6.07. The van der Waals surface area contributed by atoms with E-state index < -0.39 is 11.9 Å². The molecular formula is C12H22O7. The lowest BCUT2D eigenvalue weighted by molar-refractivity contribution is -0.151. The molecule has 0 rings (SSSR count). The van der Waals surface area contributed by atoms with Gasteiger partial charge in [0.1, 0.15) is 13.2 Å². The van der Waals surface area contributed by atoms with Gasteiger partial charge in [0, 0.05) is 14.2 Å². The van der Waals surface area contributed by atoms with Crippen molar-refractivity contribution in [2.24, 2.45) is 0 Å². The third kappa shape index (κ3) is 13.1. The molecule has 0 aromatic heterocycles. The lowest BCUT2D eigenvalue weighted by atomic mass is 10.3. The van der Waals surface area contributed by atoms with E-state index in [9.17, 15) is 9.59 Å². The van der Waals surface area contributed by atoms with Crippen LogP contribution in [0.5, 0.6) is 0 Å². The van der Waals surface area contributed by atoms with Gasteiger partial charge in [0.25, 0.3) is 0 Å². The normalized spacial score (nSPS) is 10.2. The molecule has 7 heteroatoms. The molecule has 112 valence electrons. The lowest BCUT2D eigenvalue weighted by Crippen LogP contribution is -2.15. The second kappa shape index (κ2) is 13.3. The summed E-state index contributed by atoms with van der Waals surface area (Å²) < 4.78 is 24.3. The molecule has 0 aliphatic carbocycles. The standard InChI is InChI=1S/C12H22O7/c1-15-5-7-17-8-10-19-12(14)4-3-11(13)18-9-6-16-2/h3-10H2,1-2H3. The number of ether oxygens (including phenoxy) is 5. The largest absolute Gasteiger partial charge is 0.463 e. The predicted molar refractivity (Wildman–Crippen MR) is 65.7 cm³/mol. The van der Waals surface area contributed by atoms with Gasteiger partial charge in [-0.1, -0.05) is 0 Å². The molecule has 0 aliphatic rings. The zero-order valence-corrected chi connectivity index (χ0v) is 11.5. The molecule has 0 radical (unpaired) electrons. The molecule has 0 aromatic carbocycles. The lowest BCUT2D eigenvalue weighted by Gasteiger charge is -2.06. The number of carbonyl (C=O) groups is 2. The highest BCUT2D eigenvalue weighted by Crippen LogP contribution is 1.96. The summed E-state index contributed by atoms with van der Waals surface area (Å²) >= 11 is 0. The van der Waals surface area contributed by atoms with Crippen molar-refractivity contribution in [2.75, 3.05) is 53.9 Å². The quantitative estimate of drug-likeness (QED) is 0.371. The molecule has 0 aliphatic heterocycles. The molecule has 0 saturated heterocycles. The Kier molecular flexibility index (Phi) is 12.4. The van der Waals surface area contributed by atoms with Gasteiger partial charge in [0.05, 0.1) is 39.3 Å². The summed E-state index contributed by atoms with van der Waals surface area (Å²) in [6, 6.07) is 0. The Bertz CT molecular complexity index is 242. The molecule has 0 saturated carbocycles. The highest BCUT2D eigenvalue weighted by Gasteiger charge is 2.08. The Morgan fingerprint density at radius 2 is 1.11 bits per heavy atom. The van der Waals surface area contributed by atoms with E-state index >= 15 is 0 Å². The predicted octanol–water partition coefficient (Wildman–Crippen LogP) is 0.162. The summed E-state index contributed by atoms with van der Waals surface area (Å²) in [7, 11) is 3.09. The molecule has 0 heterocycles. The van der Waals surface area contributed by atoms with Crippen LogP contribution >= 0.6 is 0 Å². The molecule has 0 bridgehead atoms. The minimum Gasteiger partial charge on any atom is -0.463 e. The first-order valence-electron chi connectivity index (χ1n) is 6.07. The smallest absolute Gasteiger partial charge is 0.306 e. The van der Waals surface area contributed by atoms with Crippen LogP contribution in [0.2, 0.25) is 0 Å². The topological polar surface area (TPSA) is 80.3 Å². The van der Waals surface area contributed by atoms with Crippen LogP contribution < -0.4 is 0 Å². The van der Waals surface area contributed by atoms with Crippen LogP contribution in [0.3, 0.4) is 0 Å². The maximum atomic E-state index is 11.2. The first-order chi connectivity index (χ1) is 9.20. The Labute approximate surface area is 113 Å². The Morgan fingerprint density at radius 1 is 0.684 bits per heavy atom. The van der Waals surface area contributed by atoms with Gasteiger partial charge in [-0.15, -0.1) is 0 Å². The zero-order valence-electron chi connectivity index (χ0n) is 11.5. The number of hydrogen-bond donors (Lipinski definition) is 0. The van der Waals surface area contributed by atoms with Gasteiger partial charge < -0.3 is 23.7 Å². The van der Waals surface area contributed by atoms with Crippen molar-refractivity contribution in [1.82, 2.24) is 0 Å². The number of hydrogen-bond acceptors (Lipinski definition) is 7. The minimum absolute atomic E-state index is 0.00386. The van der Waals surface area contributed by atoms with Crippen LogP contribution in [-0.4, -0.2) is 65.8 Å². The van der Waals surface area contributed by atoms with Gasteiger partial charge in [-0.2, -0.15) is 0 Å². The van der Waals surface area contributed by atoms with Crippen LogP contribution in [0.1, 0.15) is 12.8 Å². The fourth-order valence-corrected chi connectivity index (χ4v) is 1.05. The van der Waals surface area contributed by atoms with Crippen molar-refractivity contribution < 1.29 is 33.3 Å².